The highest BCUT2D eigenvalue weighted by Crippen LogP contribution is 2.15. The maximum Gasteiger partial charge on any atom is 0.341 e. The van der Waals surface area contributed by atoms with Gasteiger partial charge in [0.2, 0.25) is 5.71 Å². The van der Waals surface area contributed by atoms with Crippen LogP contribution in [0.1, 0.15) is 5.56 Å². The van der Waals surface area contributed by atoms with Gasteiger partial charge in [-0.25, -0.2) is 9.59 Å². The first kappa shape index (κ1) is 12.9. The minimum Gasteiger partial charge on any atom is -0.507 e. The molecule has 0 bridgehead atoms. The van der Waals surface area contributed by atoms with Gasteiger partial charge in [-0.1, -0.05) is 30.3 Å². The molecule has 0 atom stereocenters. The van der Waals surface area contributed by atoms with Gasteiger partial charge in [0, 0.05) is 0 Å². The second kappa shape index (κ2) is 4.78. The number of rotatable bonds is 2. The number of hydrogen-bond acceptors (Lipinski definition) is 5. The fourth-order valence-electron chi connectivity index (χ4n) is 2.08. The molecule has 0 aliphatic carbocycles. The van der Waals surface area contributed by atoms with Gasteiger partial charge in [0.1, 0.15) is 11.1 Å². The van der Waals surface area contributed by atoms with Crippen LogP contribution >= 0.6 is 0 Å². The lowest BCUT2D eigenvalue weighted by Gasteiger charge is -2.06. The van der Waals surface area contributed by atoms with Gasteiger partial charge in [-0.15, -0.1) is 0 Å². The summed E-state index contributed by atoms with van der Waals surface area (Å²) in [4.78, 5) is 37.7. The first-order valence-electron chi connectivity index (χ1n) is 6.10. The molecule has 2 heterocycles. The molecule has 0 amide bonds. The van der Waals surface area contributed by atoms with Crippen molar-refractivity contribution in [3.63, 3.8) is 0 Å². The van der Waals surface area contributed by atoms with Crippen molar-refractivity contribution < 1.29 is 9.52 Å². The van der Waals surface area contributed by atoms with Crippen molar-refractivity contribution in [2.45, 2.75) is 6.54 Å². The molecule has 0 aliphatic rings. The van der Waals surface area contributed by atoms with Crippen molar-refractivity contribution in [3.05, 3.63) is 73.2 Å². The number of nitrogens with zero attached hydrogens (tertiary/aromatic N) is 1. The summed E-state index contributed by atoms with van der Waals surface area (Å²) in [5, 5.41) is 9.49. The van der Waals surface area contributed by atoms with E-state index in [0.29, 0.717) is 0 Å². The van der Waals surface area contributed by atoms with Crippen LogP contribution < -0.4 is 16.9 Å². The third kappa shape index (κ3) is 2.25. The number of fused-ring (bicyclic) bond motifs is 1. The van der Waals surface area contributed by atoms with Gasteiger partial charge in [-0.2, -0.15) is 0 Å². The summed E-state index contributed by atoms with van der Waals surface area (Å²) >= 11 is 0. The predicted octanol–water partition coefficient (Wildman–Crippen LogP) is 0.397. The molecule has 0 saturated heterocycles. The van der Waals surface area contributed by atoms with Crippen LogP contribution in [-0.2, 0) is 6.54 Å². The number of H-pyrrole nitrogens is 1. The molecule has 2 N–H and O–H groups in total. The van der Waals surface area contributed by atoms with E-state index in [9.17, 15) is 19.5 Å². The molecule has 7 heteroatoms. The molecular weight excluding hydrogens is 276 g/mol. The zero-order valence-electron chi connectivity index (χ0n) is 10.7. The smallest absolute Gasteiger partial charge is 0.341 e. The zero-order chi connectivity index (χ0) is 15.0. The highest BCUT2D eigenvalue weighted by Gasteiger charge is 2.14. The van der Waals surface area contributed by atoms with Gasteiger partial charge in [-0.05, 0) is 5.56 Å². The Morgan fingerprint density at radius 3 is 2.57 bits per heavy atom. The lowest BCUT2D eigenvalue weighted by molar-refractivity contribution is 0.463. The third-order valence-corrected chi connectivity index (χ3v) is 3.05. The number of nitrogens with one attached hydrogen (secondary N) is 1. The van der Waals surface area contributed by atoms with E-state index < -0.39 is 22.6 Å². The Morgan fingerprint density at radius 1 is 1.14 bits per heavy atom. The second-order valence-electron chi connectivity index (χ2n) is 4.46. The Morgan fingerprint density at radius 2 is 1.86 bits per heavy atom. The average molecular weight is 286 g/mol. The van der Waals surface area contributed by atoms with Crippen LogP contribution in [0.5, 0.6) is 5.75 Å². The SMILES string of the molecule is O=c1cc(O)c2c(=O)n(Cc3ccccc3)c(=O)[nH]c2o1. The largest absolute Gasteiger partial charge is 0.507 e. The van der Waals surface area contributed by atoms with Gasteiger partial charge in [0.15, 0.2) is 0 Å². The fraction of sp³-hybridized carbons (Fsp3) is 0.0714. The van der Waals surface area contributed by atoms with E-state index in [1.54, 1.807) is 24.3 Å². The van der Waals surface area contributed by atoms with E-state index in [0.717, 1.165) is 16.2 Å². The van der Waals surface area contributed by atoms with E-state index in [-0.39, 0.29) is 17.6 Å². The third-order valence-electron chi connectivity index (χ3n) is 3.05. The quantitative estimate of drug-likeness (QED) is 0.709. The summed E-state index contributed by atoms with van der Waals surface area (Å²) in [7, 11) is 0. The van der Waals surface area contributed by atoms with Gasteiger partial charge in [-0.3, -0.25) is 14.3 Å². The zero-order valence-corrected chi connectivity index (χ0v) is 10.7. The Balaban J connectivity index is 2.28. The first-order chi connectivity index (χ1) is 10.1. The van der Waals surface area contributed by atoms with Crippen molar-refractivity contribution in [2.75, 3.05) is 0 Å². The molecule has 3 aromatic rings. The number of benzene rings is 1. The average Bonchev–Trinajstić information content (AvgIpc) is 2.43. The summed E-state index contributed by atoms with van der Waals surface area (Å²) < 4.78 is 5.65. The van der Waals surface area contributed by atoms with Crippen LogP contribution in [0.4, 0.5) is 0 Å². The number of hydrogen-bond donors (Lipinski definition) is 2. The van der Waals surface area contributed by atoms with E-state index in [4.69, 9.17) is 4.42 Å². The molecular formula is C14H10N2O5. The summed E-state index contributed by atoms with van der Waals surface area (Å²) in [6.45, 7) is 0.0452. The number of aromatic nitrogens is 2. The lowest BCUT2D eigenvalue weighted by Crippen LogP contribution is -2.35. The van der Waals surface area contributed by atoms with Gasteiger partial charge < -0.3 is 9.52 Å². The van der Waals surface area contributed by atoms with Crippen molar-refractivity contribution in [1.82, 2.24) is 9.55 Å². The highest BCUT2D eigenvalue weighted by atomic mass is 16.4. The first-order valence-corrected chi connectivity index (χ1v) is 6.10. The minimum absolute atomic E-state index is 0.0452. The molecule has 3 rings (SSSR count). The maximum absolute atomic E-state index is 12.3. The summed E-state index contributed by atoms with van der Waals surface area (Å²) in [5.41, 5.74) is -1.87. The molecule has 0 aliphatic heterocycles. The van der Waals surface area contributed by atoms with Crippen LogP contribution in [0.15, 0.2) is 55.2 Å². The Hall–Kier alpha value is -3.09. The second-order valence-corrected chi connectivity index (χ2v) is 4.46. The van der Waals surface area contributed by atoms with Crippen LogP contribution in [0.3, 0.4) is 0 Å². The van der Waals surface area contributed by atoms with Gasteiger partial charge in [0.05, 0.1) is 12.6 Å². The normalized spacial score (nSPS) is 10.9. The molecule has 106 valence electrons. The van der Waals surface area contributed by atoms with Gasteiger partial charge >= 0.3 is 11.3 Å². The molecule has 7 nitrogen and oxygen atoms in total. The Labute approximate surface area is 116 Å². The Kier molecular flexibility index (Phi) is 2.94. The molecule has 0 radical (unpaired) electrons. The molecule has 0 unspecified atom stereocenters. The molecule has 0 saturated carbocycles. The maximum atomic E-state index is 12.3. The van der Waals surface area contributed by atoms with Crippen LogP contribution in [0.2, 0.25) is 0 Å². The topological polar surface area (TPSA) is 105 Å². The van der Waals surface area contributed by atoms with Crippen molar-refractivity contribution in [1.29, 1.82) is 0 Å². The van der Waals surface area contributed by atoms with Crippen LogP contribution in [-0.4, -0.2) is 14.7 Å². The van der Waals surface area contributed by atoms with Crippen molar-refractivity contribution >= 4 is 11.1 Å². The minimum atomic E-state index is -0.851. The molecule has 1 aromatic carbocycles. The van der Waals surface area contributed by atoms with E-state index in [1.807, 2.05) is 6.07 Å². The molecule has 0 fully saturated rings. The van der Waals surface area contributed by atoms with Crippen molar-refractivity contribution in [3.8, 4) is 5.75 Å². The highest BCUT2D eigenvalue weighted by molar-refractivity contribution is 5.78. The van der Waals surface area contributed by atoms with Crippen LogP contribution in [0.25, 0.3) is 11.1 Å². The lowest BCUT2D eigenvalue weighted by atomic mass is 10.2. The van der Waals surface area contributed by atoms with E-state index >= 15 is 0 Å². The van der Waals surface area contributed by atoms with Crippen LogP contribution in [0, 0.1) is 0 Å². The number of aromatic hydroxyl groups is 1. The summed E-state index contributed by atoms with van der Waals surface area (Å²) in [5.74, 6) is -0.524. The predicted molar refractivity (Wildman–Crippen MR) is 74.6 cm³/mol. The fourth-order valence-corrected chi connectivity index (χ4v) is 2.08. The van der Waals surface area contributed by atoms with Gasteiger partial charge in [0.25, 0.3) is 5.56 Å². The van der Waals surface area contributed by atoms with E-state index in [2.05, 4.69) is 4.98 Å². The standard InChI is InChI=1S/C14H10N2O5/c17-9-6-10(18)21-12-11(9)13(19)16(14(20)15-12)7-8-4-2-1-3-5-8/h1-6,17H,7H2,(H,15,20). The summed E-state index contributed by atoms with van der Waals surface area (Å²) in [6.07, 6.45) is 0. The van der Waals surface area contributed by atoms with Crippen molar-refractivity contribution in [2.24, 2.45) is 0 Å². The molecule has 0 spiro atoms. The number of aromatic amines is 1. The summed E-state index contributed by atoms with van der Waals surface area (Å²) in [6, 6.07) is 9.70. The van der Waals surface area contributed by atoms with E-state index in [1.165, 1.54) is 0 Å². The molecule has 21 heavy (non-hydrogen) atoms. The monoisotopic (exact) mass is 286 g/mol. The molecule has 2 aromatic heterocycles. The Bertz CT molecular complexity index is 982.